The Bertz CT molecular complexity index is 732. The normalized spacial score (nSPS) is 19.7. The lowest BCUT2D eigenvalue weighted by Crippen LogP contribution is -2.45. The molecule has 1 amide bonds. The number of amides is 1. The predicted octanol–water partition coefficient (Wildman–Crippen LogP) is 3.16. The van der Waals surface area contributed by atoms with Crippen molar-refractivity contribution in [3.63, 3.8) is 0 Å². The van der Waals surface area contributed by atoms with Crippen molar-refractivity contribution in [3.8, 4) is 10.6 Å². The standard InChI is InChI=1S/C19H26N4OS/c1-14-13-16(20-21(14)2)17-5-6-18(25-17)19(24)23-11-7-15(8-12-23)22-9-3-4-10-22/h5-6,13,15H,3-4,7-12H2,1-2H3. The number of carbonyl (C=O) groups is 1. The van der Waals surface area contributed by atoms with Gasteiger partial charge in [-0.2, -0.15) is 5.10 Å². The molecule has 0 N–H and O–H groups in total. The first-order chi connectivity index (χ1) is 12.1. The van der Waals surface area contributed by atoms with Gasteiger partial charge in [-0.05, 0) is 63.9 Å². The van der Waals surface area contributed by atoms with E-state index in [9.17, 15) is 4.79 Å². The van der Waals surface area contributed by atoms with Crippen LogP contribution in [0.5, 0.6) is 0 Å². The summed E-state index contributed by atoms with van der Waals surface area (Å²) in [6, 6.07) is 6.74. The van der Waals surface area contributed by atoms with Crippen molar-refractivity contribution in [1.82, 2.24) is 19.6 Å². The molecule has 0 aliphatic carbocycles. The van der Waals surface area contributed by atoms with Gasteiger partial charge in [0.1, 0.15) is 5.69 Å². The number of thiophene rings is 1. The van der Waals surface area contributed by atoms with Crippen molar-refractivity contribution in [2.45, 2.75) is 38.6 Å². The molecular formula is C19H26N4OS. The van der Waals surface area contributed by atoms with E-state index in [0.717, 1.165) is 47.1 Å². The minimum absolute atomic E-state index is 0.184. The summed E-state index contributed by atoms with van der Waals surface area (Å²) < 4.78 is 1.87. The van der Waals surface area contributed by atoms with Gasteiger partial charge < -0.3 is 9.80 Å². The highest BCUT2D eigenvalue weighted by Crippen LogP contribution is 2.29. The Morgan fingerprint density at radius 2 is 1.88 bits per heavy atom. The van der Waals surface area contributed by atoms with Gasteiger partial charge in [0.05, 0.1) is 9.75 Å². The lowest BCUT2D eigenvalue weighted by atomic mass is 10.0. The number of likely N-dealkylation sites (tertiary alicyclic amines) is 2. The number of carbonyl (C=O) groups excluding carboxylic acids is 1. The molecule has 2 saturated heterocycles. The molecule has 0 aromatic carbocycles. The van der Waals surface area contributed by atoms with E-state index in [2.05, 4.69) is 16.1 Å². The summed E-state index contributed by atoms with van der Waals surface area (Å²) in [7, 11) is 1.95. The van der Waals surface area contributed by atoms with Crippen LogP contribution >= 0.6 is 11.3 Å². The summed E-state index contributed by atoms with van der Waals surface area (Å²) in [4.78, 5) is 19.4. The zero-order valence-electron chi connectivity index (χ0n) is 15.1. The largest absolute Gasteiger partial charge is 0.338 e. The molecule has 4 heterocycles. The van der Waals surface area contributed by atoms with Crippen LogP contribution in [0.25, 0.3) is 10.6 Å². The fraction of sp³-hybridized carbons (Fsp3) is 0.579. The summed E-state index contributed by atoms with van der Waals surface area (Å²) in [5.41, 5.74) is 2.08. The first kappa shape index (κ1) is 16.8. The average Bonchev–Trinajstić information content (AvgIpc) is 3.36. The maximum atomic E-state index is 12.8. The number of hydrogen-bond acceptors (Lipinski definition) is 4. The third-order valence-electron chi connectivity index (χ3n) is 5.59. The molecule has 2 aliphatic rings. The van der Waals surface area contributed by atoms with E-state index in [0.29, 0.717) is 6.04 Å². The molecule has 0 spiro atoms. The predicted molar refractivity (Wildman–Crippen MR) is 101 cm³/mol. The number of rotatable bonds is 3. The minimum atomic E-state index is 0.184. The summed E-state index contributed by atoms with van der Waals surface area (Å²) in [6.45, 7) is 6.30. The van der Waals surface area contributed by atoms with Gasteiger partial charge in [-0.1, -0.05) is 0 Å². The van der Waals surface area contributed by atoms with E-state index >= 15 is 0 Å². The quantitative estimate of drug-likeness (QED) is 0.846. The van der Waals surface area contributed by atoms with E-state index in [-0.39, 0.29) is 5.91 Å². The molecule has 2 fully saturated rings. The monoisotopic (exact) mass is 358 g/mol. The molecule has 0 unspecified atom stereocenters. The van der Waals surface area contributed by atoms with Crippen molar-refractivity contribution < 1.29 is 4.79 Å². The highest BCUT2D eigenvalue weighted by Gasteiger charge is 2.29. The van der Waals surface area contributed by atoms with Crippen LogP contribution in [0.3, 0.4) is 0 Å². The molecule has 5 nitrogen and oxygen atoms in total. The molecular weight excluding hydrogens is 332 g/mol. The first-order valence-electron chi connectivity index (χ1n) is 9.26. The van der Waals surface area contributed by atoms with E-state index in [4.69, 9.17) is 0 Å². The molecule has 0 bridgehead atoms. The van der Waals surface area contributed by atoms with Gasteiger partial charge in [-0.3, -0.25) is 9.48 Å². The van der Waals surface area contributed by atoms with Gasteiger partial charge in [0.25, 0.3) is 5.91 Å². The molecule has 0 saturated carbocycles. The first-order valence-corrected chi connectivity index (χ1v) is 10.1. The van der Waals surface area contributed by atoms with Crippen molar-refractivity contribution in [3.05, 3.63) is 28.8 Å². The fourth-order valence-electron chi connectivity index (χ4n) is 3.97. The van der Waals surface area contributed by atoms with E-state index in [1.807, 2.05) is 35.7 Å². The van der Waals surface area contributed by atoms with Crippen molar-refractivity contribution in [1.29, 1.82) is 0 Å². The summed E-state index contributed by atoms with van der Waals surface area (Å²) >= 11 is 1.56. The SMILES string of the molecule is Cc1cc(-c2ccc(C(=O)N3CCC(N4CCCC4)CC3)s2)nn1C. The summed E-state index contributed by atoms with van der Waals surface area (Å²) in [6.07, 6.45) is 4.90. The van der Waals surface area contributed by atoms with Crippen molar-refractivity contribution in [2.24, 2.45) is 7.05 Å². The second-order valence-electron chi connectivity index (χ2n) is 7.22. The van der Waals surface area contributed by atoms with E-state index < -0.39 is 0 Å². The van der Waals surface area contributed by atoms with Crippen LogP contribution < -0.4 is 0 Å². The Morgan fingerprint density at radius 3 is 2.52 bits per heavy atom. The van der Waals surface area contributed by atoms with Gasteiger partial charge in [-0.25, -0.2) is 0 Å². The zero-order valence-corrected chi connectivity index (χ0v) is 15.9. The van der Waals surface area contributed by atoms with E-state index in [1.165, 1.54) is 25.9 Å². The molecule has 2 aromatic rings. The van der Waals surface area contributed by atoms with E-state index in [1.54, 1.807) is 11.3 Å². The lowest BCUT2D eigenvalue weighted by molar-refractivity contribution is 0.0649. The molecule has 2 aromatic heterocycles. The second-order valence-corrected chi connectivity index (χ2v) is 8.31. The molecule has 2 aliphatic heterocycles. The Labute approximate surface area is 153 Å². The van der Waals surface area contributed by atoms with Gasteiger partial charge in [0, 0.05) is 31.9 Å². The molecule has 4 rings (SSSR count). The maximum absolute atomic E-state index is 12.8. The second kappa shape index (κ2) is 6.92. The Hall–Kier alpha value is -1.66. The molecule has 6 heteroatoms. The molecule has 0 atom stereocenters. The Morgan fingerprint density at radius 1 is 1.16 bits per heavy atom. The Balaban J connectivity index is 1.40. The lowest BCUT2D eigenvalue weighted by Gasteiger charge is -2.36. The third-order valence-corrected chi connectivity index (χ3v) is 6.69. The number of piperidine rings is 1. The van der Waals surface area contributed by atoms with Crippen molar-refractivity contribution >= 4 is 17.2 Å². The highest BCUT2D eigenvalue weighted by atomic mass is 32.1. The molecule has 134 valence electrons. The van der Waals surface area contributed by atoms with Crippen LogP contribution in [-0.4, -0.2) is 57.7 Å². The third kappa shape index (κ3) is 3.37. The average molecular weight is 359 g/mol. The molecule has 0 radical (unpaired) electrons. The molecule has 25 heavy (non-hydrogen) atoms. The van der Waals surface area contributed by atoms with Crippen LogP contribution in [0.1, 0.15) is 41.0 Å². The highest BCUT2D eigenvalue weighted by molar-refractivity contribution is 7.17. The number of aromatic nitrogens is 2. The summed E-state index contributed by atoms with van der Waals surface area (Å²) in [5.74, 6) is 0.184. The number of hydrogen-bond donors (Lipinski definition) is 0. The van der Waals surface area contributed by atoms with Crippen molar-refractivity contribution in [2.75, 3.05) is 26.2 Å². The van der Waals surface area contributed by atoms with Gasteiger partial charge >= 0.3 is 0 Å². The smallest absolute Gasteiger partial charge is 0.263 e. The number of nitrogens with zero attached hydrogens (tertiary/aromatic N) is 4. The van der Waals surface area contributed by atoms with Gasteiger partial charge in [0.2, 0.25) is 0 Å². The fourth-order valence-corrected chi connectivity index (χ4v) is 4.90. The number of aryl methyl sites for hydroxylation is 2. The van der Waals surface area contributed by atoms with Crippen LogP contribution in [0.15, 0.2) is 18.2 Å². The van der Waals surface area contributed by atoms with Gasteiger partial charge in [0.15, 0.2) is 0 Å². The topological polar surface area (TPSA) is 41.4 Å². The van der Waals surface area contributed by atoms with Crippen LogP contribution in [0.2, 0.25) is 0 Å². The zero-order chi connectivity index (χ0) is 17.4. The maximum Gasteiger partial charge on any atom is 0.263 e. The minimum Gasteiger partial charge on any atom is -0.338 e. The van der Waals surface area contributed by atoms with Gasteiger partial charge in [-0.15, -0.1) is 11.3 Å². The van der Waals surface area contributed by atoms with Crippen LogP contribution in [0, 0.1) is 6.92 Å². The van der Waals surface area contributed by atoms with Crippen LogP contribution in [-0.2, 0) is 7.05 Å². The summed E-state index contributed by atoms with van der Waals surface area (Å²) in [5, 5.41) is 4.52. The Kier molecular flexibility index (Phi) is 4.65. The van der Waals surface area contributed by atoms with Crippen LogP contribution in [0.4, 0.5) is 0 Å².